The third kappa shape index (κ3) is 4.66. The summed E-state index contributed by atoms with van der Waals surface area (Å²) in [6.07, 6.45) is 0. The van der Waals surface area contributed by atoms with Crippen molar-refractivity contribution in [2.45, 2.75) is 26.4 Å². The molecule has 1 heterocycles. The predicted octanol–water partition coefficient (Wildman–Crippen LogP) is 2.18. The fourth-order valence-corrected chi connectivity index (χ4v) is 2.52. The van der Waals surface area contributed by atoms with Gasteiger partial charge in [-0.25, -0.2) is 18.8 Å². The summed E-state index contributed by atoms with van der Waals surface area (Å²) in [5.74, 6) is -3.08. The van der Waals surface area contributed by atoms with Crippen LogP contribution in [0, 0.1) is 5.82 Å². The molecule has 1 aliphatic rings. The van der Waals surface area contributed by atoms with Crippen LogP contribution in [0.4, 0.5) is 10.1 Å². The first-order chi connectivity index (χ1) is 13.1. The van der Waals surface area contributed by atoms with Crippen LogP contribution in [-0.4, -0.2) is 51.1 Å². The van der Waals surface area contributed by atoms with Crippen molar-refractivity contribution in [3.63, 3.8) is 0 Å². The molecule has 0 fully saturated rings. The Kier molecular flexibility index (Phi) is 6.40. The van der Waals surface area contributed by atoms with Gasteiger partial charge in [0.2, 0.25) is 0 Å². The molecule has 0 atom stereocenters. The van der Waals surface area contributed by atoms with E-state index in [1.54, 1.807) is 20.8 Å². The normalized spacial score (nSPS) is 14.6. The number of rotatable bonds is 4. The number of carbonyl (C=O) groups excluding carboxylic acids is 3. The van der Waals surface area contributed by atoms with E-state index in [-0.39, 0.29) is 35.9 Å². The number of ether oxygens (including phenoxy) is 4. The Morgan fingerprint density at radius 1 is 1.07 bits per heavy atom. The van der Waals surface area contributed by atoms with Gasteiger partial charge in [-0.2, -0.15) is 0 Å². The Balaban J connectivity index is 2.55. The van der Waals surface area contributed by atoms with Gasteiger partial charge in [-0.3, -0.25) is 0 Å². The Hall–Kier alpha value is -2.94. The predicted molar refractivity (Wildman–Crippen MR) is 95.9 cm³/mol. The molecule has 8 nitrogen and oxygen atoms in total. The van der Waals surface area contributed by atoms with E-state index in [0.717, 1.165) is 25.2 Å². The first-order valence-electron chi connectivity index (χ1n) is 8.37. The minimum atomic E-state index is -0.870. The van der Waals surface area contributed by atoms with Crippen LogP contribution in [0.3, 0.4) is 0 Å². The van der Waals surface area contributed by atoms with Crippen LogP contribution in [0.25, 0.3) is 0 Å². The van der Waals surface area contributed by atoms with E-state index in [9.17, 15) is 18.8 Å². The Bertz CT molecular complexity index is 826. The van der Waals surface area contributed by atoms with Crippen LogP contribution in [0.15, 0.2) is 29.5 Å². The van der Waals surface area contributed by atoms with Gasteiger partial charge >= 0.3 is 17.9 Å². The highest BCUT2D eigenvalue weighted by Gasteiger charge is 2.34. The molecule has 0 bridgehead atoms. The van der Waals surface area contributed by atoms with Gasteiger partial charge in [0.05, 0.1) is 37.7 Å². The molecule has 1 aromatic carbocycles. The fraction of sp³-hybridized carbons (Fsp3) is 0.421. The van der Waals surface area contributed by atoms with E-state index < -0.39 is 29.3 Å². The molecule has 1 aromatic rings. The molecule has 0 saturated carbocycles. The zero-order valence-corrected chi connectivity index (χ0v) is 16.3. The lowest BCUT2D eigenvalue weighted by Gasteiger charge is -2.31. The van der Waals surface area contributed by atoms with Gasteiger partial charge in [0.1, 0.15) is 23.8 Å². The molecule has 9 heteroatoms. The Morgan fingerprint density at radius 3 is 2.29 bits per heavy atom. The highest BCUT2D eigenvalue weighted by atomic mass is 19.1. The van der Waals surface area contributed by atoms with Crippen molar-refractivity contribution in [3.8, 4) is 0 Å². The van der Waals surface area contributed by atoms with Crippen LogP contribution in [0.1, 0.15) is 31.1 Å². The summed E-state index contributed by atoms with van der Waals surface area (Å²) in [4.78, 5) is 37.8. The van der Waals surface area contributed by atoms with Crippen LogP contribution in [0.2, 0.25) is 0 Å². The summed E-state index contributed by atoms with van der Waals surface area (Å²) in [7, 11) is 2.28. The van der Waals surface area contributed by atoms with E-state index in [2.05, 4.69) is 4.74 Å². The topological polar surface area (TPSA) is 91.4 Å². The lowest BCUT2D eigenvalue weighted by atomic mass is 10.1. The molecule has 0 amide bonds. The first kappa shape index (κ1) is 21.4. The Labute approximate surface area is 161 Å². The minimum Gasteiger partial charge on any atom is -0.466 e. The zero-order chi connectivity index (χ0) is 21.1. The molecule has 2 rings (SSSR count). The molecule has 1 aliphatic heterocycles. The van der Waals surface area contributed by atoms with Gasteiger partial charge in [0.25, 0.3) is 0 Å². The summed E-state index contributed by atoms with van der Waals surface area (Å²) >= 11 is 0. The average Bonchev–Trinajstić information content (AvgIpc) is 2.65. The van der Waals surface area contributed by atoms with Crippen LogP contribution in [0.5, 0.6) is 0 Å². The SMILES string of the molecule is COC(=O)C1=C(C(=O)OC)N(c2cc(C(=O)OC(C)(C)C)ccc2F)COC1. The van der Waals surface area contributed by atoms with E-state index in [1.165, 1.54) is 12.1 Å². The van der Waals surface area contributed by atoms with Crippen LogP contribution in [-0.2, 0) is 28.5 Å². The zero-order valence-electron chi connectivity index (χ0n) is 16.3. The standard InChI is InChI=1S/C19H22FNO7/c1-19(2,3)28-16(22)11-6-7-13(20)14(8-11)21-10-27-9-12(17(23)25-4)15(21)18(24)26-5/h6-8H,9-10H2,1-5H3. The number of methoxy groups -OCH3 is 2. The van der Waals surface area contributed by atoms with Gasteiger partial charge < -0.3 is 23.8 Å². The summed E-state index contributed by atoms with van der Waals surface area (Å²) in [5.41, 5.74) is -1.16. The Morgan fingerprint density at radius 2 is 1.71 bits per heavy atom. The van der Waals surface area contributed by atoms with Crippen molar-refractivity contribution >= 4 is 23.6 Å². The molecule has 28 heavy (non-hydrogen) atoms. The lowest BCUT2D eigenvalue weighted by Crippen LogP contribution is -2.39. The van der Waals surface area contributed by atoms with Gasteiger partial charge in [-0.05, 0) is 39.0 Å². The number of esters is 3. The number of hydrogen-bond acceptors (Lipinski definition) is 8. The summed E-state index contributed by atoms with van der Waals surface area (Å²) in [5, 5.41) is 0. The monoisotopic (exact) mass is 395 g/mol. The number of carbonyl (C=O) groups is 3. The van der Waals surface area contributed by atoms with Gasteiger partial charge in [0.15, 0.2) is 0 Å². The molecule has 0 spiro atoms. The van der Waals surface area contributed by atoms with Crippen molar-refractivity contribution in [3.05, 3.63) is 40.8 Å². The number of halogens is 1. The number of benzene rings is 1. The number of nitrogens with zero attached hydrogens (tertiary/aromatic N) is 1. The number of hydrogen-bond donors (Lipinski definition) is 0. The van der Waals surface area contributed by atoms with E-state index in [1.807, 2.05) is 0 Å². The molecular weight excluding hydrogens is 373 g/mol. The molecule has 152 valence electrons. The van der Waals surface area contributed by atoms with E-state index in [4.69, 9.17) is 14.2 Å². The maximum absolute atomic E-state index is 14.6. The van der Waals surface area contributed by atoms with Crippen molar-refractivity contribution in [2.75, 3.05) is 32.5 Å². The second kappa shape index (κ2) is 8.39. The largest absolute Gasteiger partial charge is 0.466 e. The summed E-state index contributed by atoms with van der Waals surface area (Å²) in [6, 6.07) is 3.55. The lowest BCUT2D eigenvalue weighted by molar-refractivity contribution is -0.140. The molecule has 0 saturated heterocycles. The molecule has 0 unspecified atom stereocenters. The second-order valence-corrected chi connectivity index (χ2v) is 6.88. The highest BCUT2D eigenvalue weighted by molar-refractivity contribution is 6.03. The van der Waals surface area contributed by atoms with Crippen LogP contribution >= 0.6 is 0 Å². The van der Waals surface area contributed by atoms with Crippen molar-refractivity contribution in [1.82, 2.24) is 0 Å². The van der Waals surface area contributed by atoms with Gasteiger partial charge in [-0.15, -0.1) is 0 Å². The van der Waals surface area contributed by atoms with E-state index in [0.29, 0.717) is 0 Å². The smallest absolute Gasteiger partial charge is 0.355 e. The maximum Gasteiger partial charge on any atom is 0.355 e. The molecule has 0 aliphatic carbocycles. The third-order valence-corrected chi connectivity index (χ3v) is 3.70. The molecule has 0 radical (unpaired) electrons. The maximum atomic E-state index is 14.6. The fourth-order valence-electron chi connectivity index (χ4n) is 2.52. The van der Waals surface area contributed by atoms with Gasteiger partial charge in [0, 0.05) is 0 Å². The van der Waals surface area contributed by atoms with Crippen molar-refractivity contribution < 1.29 is 37.7 Å². The van der Waals surface area contributed by atoms with Crippen molar-refractivity contribution in [2.24, 2.45) is 0 Å². The molecule has 0 aromatic heterocycles. The first-order valence-corrected chi connectivity index (χ1v) is 8.37. The quantitative estimate of drug-likeness (QED) is 0.566. The van der Waals surface area contributed by atoms with Crippen molar-refractivity contribution in [1.29, 1.82) is 0 Å². The average molecular weight is 395 g/mol. The van der Waals surface area contributed by atoms with E-state index >= 15 is 0 Å². The highest BCUT2D eigenvalue weighted by Crippen LogP contribution is 2.30. The number of anilines is 1. The third-order valence-electron chi connectivity index (χ3n) is 3.70. The summed E-state index contributed by atoms with van der Waals surface area (Å²) < 4.78 is 34.6. The molecule has 0 N–H and O–H groups in total. The summed E-state index contributed by atoms with van der Waals surface area (Å²) in [6.45, 7) is 4.66. The van der Waals surface area contributed by atoms with Gasteiger partial charge in [-0.1, -0.05) is 0 Å². The van der Waals surface area contributed by atoms with Crippen LogP contribution < -0.4 is 4.90 Å². The minimum absolute atomic E-state index is 0.0701. The second-order valence-electron chi connectivity index (χ2n) is 6.88. The molecular formula is C19H22FNO7.